The van der Waals surface area contributed by atoms with E-state index in [1.807, 2.05) is 11.8 Å². The number of hydrogen-bond donors (Lipinski definition) is 2. The summed E-state index contributed by atoms with van der Waals surface area (Å²) < 4.78 is 56.9. The van der Waals surface area contributed by atoms with Gasteiger partial charge in [0.15, 0.2) is 5.82 Å². The molecule has 3 heterocycles. The number of aromatic nitrogens is 3. The lowest BCUT2D eigenvalue weighted by molar-refractivity contribution is -0.137. The molecule has 0 aliphatic carbocycles. The largest absolute Gasteiger partial charge is 0.418 e. The standard InChI is InChI=1S/C20H19ClF4N6/c1-9-5-13(26)30-18(15(9)20(23,24)25)14-12(21)6-11-17(16(14)22)28-8-29-19(11)31-4-3-27-7-10(31)2/h5-6,8,10,27H,3-4,7H2,1-2H3,(H2,26,30)/t10-/m0/s1. The number of piperazine rings is 1. The zero-order valence-corrected chi connectivity index (χ0v) is 17.4. The van der Waals surface area contributed by atoms with Crippen molar-refractivity contribution < 1.29 is 17.6 Å². The molecule has 4 rings (SSSR count). The Balaban J connectivity index is 1.99. The molecular formula is C20H19ClF4N6. The summed E-state index contributed by atoms with van der Waals surface area (Å²) in [6.45, 7) is 5.28. The number of rotatable bonds is 2. The van der Waals surface area contributed by atoms with Crippen LogP contribution in [0.25, 0.3) is 22.2 Å². The van der Waals surface area contributed by atoms with E-state index in [1.165, 1.54) is 19.3 Å². The van der Waals surface area contributed by atoms with Gasteiger partial charge in [-0.1, -0.05) is 11.6 Å². The van der Waals surface area contributed by atoms with Gasteiger partial charge in [0, 0.05) is 31.1 Å². The maximum absolute atomic E-state index is 15.6. The van der Waals surface area contributed by atoms with Gasteiger partial charge < -0.3 is 16.0 Å². The molecule has 6 nitrogen and oxygen atoms in total. The Labute approximate surface area is 180 Å². The van der Waals surface area contributed by atoms with Crippen molar-refractivity contribution in [2.75, 3.05) is 30.3 Å². The van der Waals surface area contributed by atoms with Gasteiger partial charge in [0.2, 0.25) is 0 Å². The predicted molar refractivity (Wildman–Crippen MR) is 112 cm³/mol. The highest BCUT2D eigenvalue weighted by atomic mass is 35.5. The molecule has 1 saturated heterocycles. The van der Waals surface area contributed by atoms with E-state index < -0.39 is 28.8 Å². The quantitative estimate of drug-likeness (QED) is 0.565. The molecule has 164 valence electrons. The van der Waals surface area contributed by atoms with Gasteiger partial charge in [0.1, 0.15) is 23.5 Å². The molecule has 0 radical (unpaired) electrons. The molecule has 11 heteroatoms. The van der Waals surface area contributed by atoms with Crippen LogP contribution < -0.4 is 16.0 Å². The molecule has 0 saturated carbocycles. The minimum Gasteiger partial charge on any atom is -0.384 e. The third kappa shape index (κ3) is 3.74. The van der Waals surface area contributed by atoms with Crippen LogP contribution in [0, 0.1) is 12.7 Å². The first-order valence-electron chi connectivity index (χ1n) is 9.54. The zero-order chi connectivity index (χ0) is 22.5. The van der Waals surface area contributed by atoms with Crippen molar-refractivity contribution in [1.29, 1.82) is 0 Å². The molecule has 1 fully saturated rings. The third-order valence-electron chi connectivity index (χ3n) is 5.33. The van der Waals surface area contributed by atoms with Crippen LogP contribution in [0.4, 0.5) is 29.2 Å². The molecule has 1 aliphatic rings. The highest BCUT2D eigenvalue weighted by molar-refractivity contribution is 6.34. The number of fused-ring (bicyclic) bond motifs is 1. The molecule has 1 aliphatic heterocycles. The minimum atomic E-state index is -4.78. The average Bonchev–Trinajstić information content (AvgIpc) is 2.66. The molecule has 0 bridgehead atoms. The maximum atomic E-state index is 15.6. The molecule has 3 N–H and O–H groups in total. The minimum absolute atomic E-state index is 0.0726. The fraction of sp³-hybridized carbons (Fsp3) is 0.350. The lowest BCUT2D eigenvalue weighted by atomic mass is 9.99. The Bertz CT molecular complexity index is 1170. The van der Waals surface area contributed by atoms with Gasteiger partial charge in [-0.05, 0) is 31.5 Å². The Hall–Kier alpha value is -2.72. The van der Waals surface area contributed by atoms with E-state index in [1.54, 1.807) is 0 Å². The molecular weight excluding hydrogens is 436 g/mol. The van der Waals surface area contributed by atoms with Crippen LogP contribution >= 0.6 is 11.6 Å². The van der Waals surface area contributed by atoms with Crippen LogP contribution in [0.1, 0.15) is 18.1 Å². The summed E-state index contributed by atoms with van der Waals surface area (Å²) in [7, 11) is 0. The van der Waals surface area contributed by atoms with Crippen LogP contribution in [0.2, 0.25) is 5.02 Å². The number of nitrogens with two attached hydrogens (primary N) is 1. The SMILES string of the molecule is Cc1cc(N)nc(-c2c(Cl)cc3c(N4CCNC[C@@H]4C)ncnc3c2F)c1C(F)(F)F. The summed E-state index contributed by atoms with van der Waals surface area (Å²) in [5.41, 5.74) is 3.12. The van der Waals surface area contributed by atoms with E-state index in [0.717, 1.165) is 6.07 Å². The van der Waals surface area contributed by atoms with E-state index in [2.05, 4.69) is 20.3 Å². The third-order valence-corrected chi connectivity index (χ3v) is 5.63. The molecule has 0 unspecified atom stereocenters. The van der Waals surface area contributed by atoms with E-state index in [9.17, 15) is 13.2 Å². The van der Waals surface area contributed by atoms with Crippen molar-refractivity contribution in [3.63, 3.8) is 0 Å². The molecule has 0 spiro atoms. The molecule has 3 aromatic rings. The molecule has 0 amide bonds. The molecule has 1 aromatic carbocycles. The van der Waals surface area contributed by atoms with Crippen molar-refractivity contribution in [3.05, 3.63) is 40.4 Å². The number of nitrogens with zero attached hydrogens (tertiary/aromatic N) is 4. The van der Waals surface area contributed by atoms with Gasteiger partial charge in [0.05, 0.1) is 21.8 Å². The number of alkyl halides is 3. The predicted octanol–water partition coefficient (Wildman–Crippen LogP) is 4.19. The van der Waals surface area contributed by atoms with Crippen molar-refractivity contribution in [3.8, 4) is 11.3 Å². The van der Waals surface area contributed by atoms with Gasteiger partial charge in [-0.15, -0.1) is 0 Å². The Morgan fingerprint density at radius 1 is 1.26 bits per heavy atom. The lowest BCUT2D eigenvalue weighted by Crippen LogP contribution is -2.50. The second kappa shape index (κ2) is 7.76. The number of aryl methyl sites for hydroxylation is 1. The van der Waals surface area contributed by atoms with Crippen molar-refractivity contribution in [2.24, 2.45) is 0 Å². The Morgan fingerprint density at radius 2 is 2.00 bits per heavy atom. The Morgan fingerprint density at radius 3 is 2.68 bits per heavy atom. The summed E-state index contributed by atoms with van der Waals surface area (Å²) in [6, 6.07) is 2.55. The summed E-state index contributed by atoms with van der Waals surface area (Å²) in [5.74, 6) is -0.704. The summed E-state index contributed by atoms with van der Waals surface area (Å²) in [5, 5.41) is 3.34. The maximum Gasteiger partial charge on any atom is 0.418 e. The van der Waals surface area contributed by atoms with Crippen molar-refractivity contribution >= 4 is 34.1 Å². The first kappa shape index (κ1) is 21.5. The normalized spacial score (nSPS) is 17.4. The average molecular weight is 455 g/mol. The van der Waals surface area contributed by atoms with E-state index in [4.69, 9.17) is 17.3 Å². The van der Waals surface area contributed by atoms with E-state index in [-0.39, 0.29) is 28.0 Å². The van der Waals surface area contributed by atoms with Crippen molar-refractivity contribution in [2.45, 2.75) is 26.1 Å². The number of nitrogens with one attached hydrogen (secondary N) is 1. The van der Waals surface area contributed by atoms with Gasteiger partial charge in [-0.2, -0.15) is 13.2 Å². The summed E-state index contributed by atoms with van der Waals surface area (Å²) in [4.78, 5) is 14.1. The highest BCUT2D eigenvalue weighted by Crippen LogP contribution is 2.44. The number of hydrogen-bond acceptors (Lipinski definition) is 6. The smallest absolute Gasteiger partial charge is 0.384 e. The second-order valence-corrected chi connectivity index (χ2v) is 7.88. The van der Waals surface area contributed by atoms with Crippen molar-refractivity contribution in [1.82, 2.24) is 20.3 Å². The summed E-state index contributed by atoms with van der Waals surface area (Å²) >= 11 is 6.34. The zero-order valence-electron chi connectivity index (χ0n) is 16.7. The number of anilines is 2. The fourth-order valence-corrected chi connectivity index (χ4v) is 4.24. The molecule has 2 aromatic heterocycles. The fourth-order valence-electron chi connectivity index (χ4n) is 3.95. The Kier molecular flexibility index (Phi) is 5.38. The van der Waals surface area contributed by atoms with E-state index in [0.29, 0.717) is 30.8 Å². The lowest BCUT2D eigenvalue weighted by Gasteiger charge is -2.35. The highest BCUT2D eigenvalue weighted by Gasteiger charge is 2.38. The van der Waals surface area contributed by atoms with Crippen LogP contribution in [0.5, 0.6) is 0 Å². The monoisotopic (exact) mass is 454 g/mol. The molecule has 31 heavy (non-hydrogen) atoms. The van der Waals surface area contributed by atoms with E-state index >= 15 is 4.39 Å². The number of halogens is 5. The van der Waals surface area contributed by atoms with Crippen LogP contribution in [-0.2, 0) is 6.18 Å². The topological polar surface area (TPSA) is 80.0 Å². The van der Waals surface area contributed by atoms with Crippen LogP contribution in [0.15, 0.2) is 18.5 Å². The first-order chi connectivity index (χ1) is 14.6. The van der Waals surface area contributed by atoms with Crippen LogP contribution in [0.3, 0.4) is 0 Å². The summed E-state index contributed by atoms with van der Waals surface area (Å²) in [6.07, 6.45) is -3.59. The second-order valence-electron chi connectivity index (χ2n) is 7.47. The number of nitrogen functional groups attached to an aromatic ring is 1. The van der Waals surface area contributed by atoms with Gasteiger partial charge in [-0.25, -0.2) is 19.3 Å². The number of pyridine rings is 1. The molecule has 1 atom stereocenters. The van der Waals surface area contributed by atoms with Gasteiger partial charge in [0.25, 0.3) is 0 Å². The van der Waals surface area contributed by atoms with Gasteiger partial charge >= 0.3 is 6.18 Å². The van der Waals surface area contributed by atoms with Crippen LogP contribution in [-0.4, -0.2) is 40.6 Å². The van der Waals surface area contributed by atoms with Gasteiger partial charge in [-0.3, -0.25) is 0 Å². The first-order valence-corrected chi connectivity index (χ1v) is 9.92. The number of benzene rings is 1.